The zero-order chi connectivity index (χ0) is 13.9. The van der Waals surface area contributed by atoms with Gasteiger partial charge in [-0.3, -0.25) is 0 Å². The summed E-state index contributed by atoms with van der Waals surface area (Å²) in [6, 6.07) is 11.4. The van der Waals surface area contributed by atoms with E-state index in [1.165, 1.54) is 0 Å². The molecule has 0 unspecified atom stereocenters. The summed E-state index contributed by atoms with van der Waals surface area (Å²) in [7, 11) is 0. The monoisotopic (exact) mass is 309 g/mol. The van der Waals surface area contributed by atoms with Crippen molar-refractivity contribution < 1.29 is 9.47 Å². The van der Waals surface area contributed by atoms with Gasteiger partial charge in [-0.1, -0.05) is 29.3 Å². The van der Waals surface area contributed by atoms with Crippen LogP contribution in [-0.2, 0) is 13.1 Å². The van der Waals surface area contributed by atoms with Crippen LogP contribution in [0.2, 0.25) is 10.0 Å². The molecule has 0 saturated heterocycles. The van der Waals surface area contributed by atoms with Crippen molar-refractivity contribution in [1.29, 1.82) is 0 Å². The second kappa shape index (κ2) is 5.92. The van der Waals surface area contributed by atoms with Crippen molar-refractivity contribution in [2.24, 2.45) is 0 Å². The third kappa shape index (κ3) is 3.01. The molecule has 2 aromatic rings. The summed E-state index contributed by atoms with van der Waals surface area (Å²) in [5, 5.41) is 4.74. The first-order valence-electron chi connectivity index (χ1n) is 6.25. The van der Waals surface area contributed by atoms with Crippen LogP contribution >= 0.6 is 23.2 Å². The molecule has 3 nitrogen and oxygen atoms in total. The fraction of sp³-hybridized carbons (Fsp3) is 0.200. The molecule has 5 heteroatoms. The van der Waals surface area contributed by atoms with Crippen LogP contribution in [0.1, 0.15) is 11.1 Å². The summed E-state index contributed by atoms with van der Waals surface area (Å²) in [5.74, 6) is 1.59. The molecule has 0 aromatic heterocycles. The van der Waals surface area contributed by atoms with Gasteiger partial charge in [-0.2, -0.15) is 0 Å². The van der Waals surface area contributed by atoms with Crippen LogP contribution in [0.15, 0.2) is 36.4 Å². The largest absolute Gasteiger partial charge is 0.454 e. The second-order valence-corrected chi connectivity index (χ2v) is 5.37. The van der Waals surface area contributed by atoms with E-state index in [1.54, 1.807) is 6.07 Å². The molecule has 1 heterocycles. The maximum atomic E-state index is 6.12. The summed E-state index contributed by atoms with van der Waals surface area (Å²) < 4.78 is 10.6. The highest BCUT2D eigenvalue weighted by Gasteiger charge is 2.12. The zero-order valence-electron chi connectivity index (χ0n) is 10.7. The van der Waals surface area contributed by atoms with Gasteiger partial charge in [0.1, 0.15) is 0 Å². The predicted molar refractivity (Wildman–Crippen MR) is 79.6 cm³/mol. The lowest BCUT2D eigenvalue weighted by molar-refractivity contribution is 0.174. The van der Waals surface area contributed by atoms with Crippen molar-refractivity contribution in [3.8, 4) is 11.5 Å². The van der Waals surface area contributed by atoms with Gasteiger partial charge >= 0.3 is 0 Å². The van der Waals surface area contributed by atoms with Gasteiger partial charge in [0.25, 0.3) is 0 Å². The van der Waals surface area contributed by atoms with Gasteiger partial charge in [0.15, 0.2) is 11.5 Å². The summed E-state index contributed by atoms with van der Waals surface area (Å²) in [6.07, 6.45) is 0. The number of benzene rings is 2. The number of hydrogen-bond donors (Lipinski definition) is 1. The molecule has 1 aliphatic heterocycles. The Labute approximate surface area is 127 Å². The van der Waals surface area contributed by atoms with E-state index in [9.17, 15) is 0 Å². The van der Waals surface area contributed by atoms with Crippen molar-refractivity contribution in [2.45, 2.75) is 13.1 Å². The van der Waals surface area contributed by atoms with Gasteiger partial charge in [-0.15, -0.1) is 0 Å². The minimum Gasteiger partial charge on any atom is -0.454 e. The number of rotatable bonds is 4. The van der Waals surface area contributed by atoms with Crippen molar-refractivity contribution in [3.63, 3.8) is 0 Å². The lowest BCUT2D eigenvalue weighted by Gasteiger charge is -2.08. The van der Waals surface area contributed by atoms with Crippen LogP contribution in [-0.4, -0.2) is 6.79 Å². The van der Waals surface area contributed by atoms with Crippen LogP contribution in [0.4, 0.5) is 0 Å². The number of ether oxygens (including phenoxy) is 2. The Morgan fingerprint density at radius 3 is 2.70 bits per heavy atom. The fourth-order valence-corrected chi connectivity index (χ4v) is 2.45. The molecule has 0 fully saturated rings. The highest BCUT2D eigenvalue weighted by molar-refractivity contribution is 6.33. The van der Waals surface area contributed by atoms with E-state index in [4.69, 9.17) is 32.7 Å². The second-order valence-electron chi connectivity index (χ2n) is 4.53. The van der Waals surface area contributed by atoms with E-state index in [2.05, 4.69) is 5.32 Å². The van der Waals surface area contributed by atoms with Crippen molar-refractivity contribution in [1.82, 2.24) is 5.32 Å². The predicted octanol–water partition coefficient (Wildman–Crippen LogP) is 4.01. The Morgan fingerprint density at radius 2 is 1.80 bits per heavy atom. The number of fused-ring (bicyclic) bond motifs is 1. The van der Waals surface area contributed by atoms with E-state index in [-0.39, 0.29) is 0 Å². The van der Waals surface area contributed by atoms with Gasteiger partial charge < -0.3 is 14.8 Å². The molecular weight excluding hydrogens is 297 g/mol. The first-order valence-corrected chi connectivity index (χ1v) is 7.01. The summed E-state index contributed by atoms with van der Waals surface area (Å²) in [6.45, 7) is 1.68. The van der Waals surface area contributed by atoms with Crippen LogP contribution in [0.25, 0.3) is 0 Å². The molecular formula is C15H13Cl2NO2. The highest BCUT2D eigenvalue weighted by Crippen LogP contribution is 2.32. The third-order valence-electron chi connectivity index (χ3n) is 3.09. The Balaban J connectivity index is 1.61. The van der Waals surface area contributed by atoms with E-state index in [0.29, 0.717) is 23.4 Å². The zero-order valence-corrected chi connectivity index (χ0v) is 12.2. The fourth-order valence-electron chi connectivity index (χ4n) is 2.07. The van der Waals surface area contributed by atoms with E-state index in [0.717, 1.165) is 29.2 Å². The van der Waals surface area contributed by atoms with Crippen LogP contribution < -0.4 is 14.8 Å². The van der Waals surface area contributed by atoms with Crippen LogP contribution in [0.5, 0.6) is 11.5 Å². The number of hydrogen-bond acceptors (Lipinski definition) is 3. The molecule has 0 radical (unpaired) electrons. The van der Waals surface area contributed by atoms with Crippen LogP contribution in [0, 0.1) is 0 Å². The van der Waals surface area contributed by atoms with E-state index in [1.807, 2.05) is 30.3 Å². The smallest absolute Gasteiger partial charge is 0.231 e. The van der Waals surface area contributed by atoms with Gasteiger partial charge in [-0.05, 0) is 41.5 Å². The lowest BCUT2D eigenvalue weighted by Crippen LogP contribution is -2.12. The Morgan fingerprint density at radius 1 is 0.950 bits per heavy atom. The van der Waals surface area contributed by atoms with Gasteiger partial charge in [0, 0.05) is 23.1 Å². The molecule has 2 aromatic carbocycles. The third-order valence-corrected chi connectivity index (χ3v) is 3.69. The molecule has 104 valence electrons. The van der Waals surface area contributed by atoms with E-state index >= 15 is 0 Å². The SMILES string of the molecule is Clc1ccc(Cl)c(CNCc2ccc3c(c2)OCO3)c1. The molecule has 0 amide bonds. The molecule has 3 rings (SSSR count). The average molecular weight is 310 g/mol. The molecule has 1 aliphatic rings. The first kappa shape index (κ1) is 13.6. The number of nitrogens with one attached hydrogen (secondary N) is 1. The number of halogens is 2. The van der Waals surface area contributed by atoms with Crippen molar-refractivity contribution >= 4 is 23.2 Å². The maximum Gasteiger partial charge on any atom is 0.231 e. The van der Waals surface area contributed by atoms with Gasteiger partial charge in [0.05, 0.1) is 0 Å². The highest BCUT2D eigenvalue weighted by atomic mass is 35.5. The molecule has 1 N–H and O–H groups in total. The topological polar surface area (TPSA) is 30.5 Å². The maximum absolute atomic E-state index is 6.12. The average Bonchev–Trinajstić information content (AvgIpc) is 2.90. The Hall–Kier alpha value is -1.42. The quantitative estimate of drug-likeness (QED) is 0.925. The van der Waals surface area contributed by atoms with E-state index < -0.39 is 0 Å². The van der Waals surface area contributed by atoms with Crippen molar-refractivity contribution in [3.05, 3.63) is 57.6 Å². The van der Waals surface area contributed by atoms with Crippen LogP contribution in [0.3, 0.4) is 0 Å². The normalized spacial score (nSPS) is 12.7. The molecule has 0 saturated carbocycles. The summed E-state index contributed by atoms with van der Waals surface area (Å²) >= 11 is 12.1. The molecule has 20 heavy (non-hydrogen) atoms. The van der Waals surface area contributed by atoms with Gasteiger partial charge in [-0.25, -0.2) is 0 Å². The Kier molecular flexibility index (Phi) is 4.01. The standard InChI is InChI=1S/C15H13Cl2NO2/c16-12-2-3-13(17)11(6-12)8-18-7-10-1-4-14-15(5-10)20-9-19-14/h1-6,18H,7-9H2. The van der Waals surface area contributed by atoms with Crippen molar-refractivity contribution in [2.75, 3.05) is 6.79 Å². The molecule has 0 bridgehead atoms. The molecule has 0 aliphatic carbocycles. The first-order chi connectivity index (χ1) is 9.72. The summed E-state index contributed by atoms with van der Waals surface area (Å²) in [5.41, 5.74) is 2.12. The summed E-state index contributed by atoms with van der Waals surface area (Å²) in [4.78, 5) is 0. The minimum atomic E-state index is 0.296. The lowest BCUT2D eigenvalue weighted by atomic mass is 10.2. The van der Waals surface area contributed by atoms with Gasteiger partial charge in [0.2, 0.25) is 6.79 Å². The molecule has 0 spiro atoms. The Bertz CT molecular complexity index is 631. The minimum absolute atomic E-state index is 0.296. The molecule has 0 atom stereocenters.